The van der Waals surface area contributed by atoms with Crippen molar-refractivity contribution in [3.8, 4) is 0 Å². The Morgan fingerprint density at radius 1 is 1.45 bits per heavy atom. The number of para-hydroxylation sites is 1. The largest absolute Gasteiger partial charge is 0.423 e. The molecule has 0 saturated heterocycles. The van der Waals surface area contributed by atoms with Gasteiger partial charge in [0.05, 0.1) is 11.7 Å². The lowest BCUT2D eigenvalue weighted by molar-refractivity contribution is 0.603. The van der Waals surface area contributed by atoms with Crippen LogP contribution < -0.4 is 11.1 Å². The van der Waals surface area contributed by atoms with Crippen molar-refractivity contribution in [2.45, 2.75) is 26.3 Å². The van der Waals surface area contributed by atoms with Crippen molar-refractivity contribution in [3.63, 3.8) is 0 Å². The first-order valence-corrected chi connectivity index (χ1v) is 7.35. The molecule has 0 radical (unpaired) electrons. The fraction of sp³-hybridized carbons (Fsp3) is 0.286. The third-order valence-electron chi connectivity index (χ3n) is 3.08. The molecule has 3 aromatic rings. The Bertz CT molecular complexity index is 734. The lowest BCUT2D eigenvalue weighted by Gasteiger charge is -2.07. The van der Waals surface area contributed by atoms with Gasteiger partial charge >= 0.3 is 0 Å². The van der Waals surface area contributed by atoms with Gasteiger partial charge in [-0.15, -0.1) is 11.3 Å². The molecule has 1 unspecified atom stereocenters. The molecule has 0 fully saturated rings. The number of aromatic nitrogens is 2. The van der Waals surface area contributed by atoms with Gasteiger partial charge < -0.3 is 15.5 Å². The van der Waals surface area contributed by atoms with E-state index in [2.05, 4.69) is 22.2 Å². The minimum atomic E-state index is 0.0505. The standard InChI is InChI=1S/C14H16N4OS/c1-3-9-7-16-13(20-9)8(2)17-14-18-12-10(15)5-4-6-11(12)19-14/h4-8H,3,15H2,1-2H3,(H,17,18). The predicted molar refractivity (Wildman–Crippen MR) is 82.0 cm³/mol. The summed E-state index contributed by atoms with van der Waals surface area (Å²) < 4.78 is 5.65. The van der Waals surface area contributed by atoms with Crippen LogP contribution in [0.5, 0.6) is 0 Å². The van der Waals surface area contributed by atoms with E-state index in [0.29, 0.717) is 22.8 Å². The Morgan fingerprint density at radius 3 is 3.00 bits per heavy atom. The van der Waals surface area contributed by atoms with Crippen LogP contribution in [-0.4, -0.2) is 9.97 Å². The summed E-state index contributed by atoms with van der Waals surface area (Å²) >= 11 is 1.70. The van der Waals surface area contributed by atoms with E-state index in [-0.39, 0.29) is 6.04 Å². The Kier molecular flexibility index (Phi) is 3.31. The van der Waals surface area contributed by atoms with Crippen LogP contribution in [0.3, 0.4) is 0 Å². The maximum absolute atomic E-state index is 5.87. The summed E-state index contributed by atoms with van der Waals surface area (Å²) in [6, 6.07) is 6.04. The molecule has 1 aromatic carbocycles. The zero-order chi connectivity index (χ0) is 14.1. The van der Waals surface area contributed by atoms with Gasteiger partial charge in [-0.2, -0.15) is 4.98 Å². The van der Waals surface area contributed by atoms with Crippen LogP contribution in [0.25, 0.3) is 11.1 Å². The molecule has 0 aliphatic carbocycles. The van der Waals surface area contributed by atoms with Crippen molar-refractivity contribution in [1.82, 2.24) is 9.97 Å². The minimum Gasteiger partial charge on any atom is -0.423 e. The lowest BCUT2D eigenvalue weighted by atomic mass is 10.3. The van der Waals surface area contributed by atoms with E-state index in [1.54, 1.807) is 11.3 Å². The highest BCUT2D eigenvalue weighted by Crippen LogP contribution is 2.27. The molecule has 0 spiro atoms. The van der Waals surface area contributed by atoms with E-state index < -0.39 is 0 Å². The van der Waals surface area contributed by atoms with Crippen LogP contribution in [0.1, 0.15) is 29.8 Å². The van der Waals surface area contributed by atoms with Crippen molar-refractivity contribution in [1.29, 1.82) is 0 Å². The molecule has 0 aliphatic rings. The molecule has 0 amide bonds. The second kappa shape index (κ2) is 5.13. The van der Waals surface area contributed by atoms with Crippen LogP contribution >= 0.6 is 11.3 Å². The molecular formula is C14H16N4OS. The molecule has 1 atom stereocenters. The monoisotopic (exact) mass is 288 g/mol. The molecule has 3 N–H and O–H groups in total. The van der Waals surface area contributed by atoms with E-state index >= 15 is 0 Å². The van der Waals surface area contributed by atoms with Gasteiger partial charge in [-0.3, -0.25) is 0 Å². The molecular weight excluding hydrogens is 272 g/mol. The lowest BCUT2D eigenvalue weighted by Crippen LogP contribution is -2.06. The zero-order valence-electron chi connectivity index (χ0n) is 11.4. The number of anilines is 2. The number of hydrogen-bond acceptors (Lipinski definition) is 6. The SMILES string of the molecule is CCc1cnc(C(C)Nc2nc3c(N)cccc3o2)s1. The van der Waals surface area contributed by atoms with Crippen molar-refractivity contribution >= 4 is 34.1 Å². The summed E-state index contributed by atoms with van der Waals surface area (Å²) in [5.74, 6) is 0. The first kappa shape index (κ1) is 12.9. The molecule has 0 aliphatic heterocycles. The summed E-state index contributed by atoms with van der Waals surface area (Å²) in [6.45, 7) is 4.16. The molecule has 20 heavy (non-hydrogen) atoms. The summed E-state index contributed by atoms with van der Waals surface area (Å²) in [6.07, 6.45) is 2.92. The number of hydrogen-bond donors (Lipinski definition) is 2. The van der Waals surface area contributed by atoms with Gasteiger partial charge in [-0.1, -0.05) is 13.0 Å². The summed E-state index contributed by atoms with van der Waals surface area (Å²) in [4.78, 5) is 10.1. The smallest absolute Gasteiger partial charge is 0.296 e. The number of fused-ring (bicyclic) bond motifs is 1. The highest BCUT2D eigenvalue weighted by Gasteiger charge is 2.14. The molecule has 0 saturated carbocycles. The normalized spacial score (nSPS) is 12.7. The Labute approximate surface area is 120 Å². The van der Waals surface area contributed by atoms with Gasteiger partial charge in [-0.25, -0.2) is 4.98 Å². The second-order valence-corrected chi connectivity index (χ2v) is 5.74. The van der Waals surface area contributed by atoms with Gasteiger partial charge in [0, 0.05) is 11.1 Å². The number of rotatable bonds is 4. The number of nitrogen functional groups attached to an aromatic ring is 1. The summed E-state index contributed by atoms with van der Waals surface area (Å²) in [5.41, 5.74) is 7.87. The average molecular weight is 288 g/mol. The fourth-order valence-corrected chi connectivity index (χ4v) is 2.82. The van der Waals surface area contributed by atoms with Crippen LogP contribution in [0.15, 0.2) is 28.8 Å². The highest BCUT2D eigenvalue weighted by atomic mass is 32.1. The number of aryl methyl sites for hydroxylation is 1. The van der Waals surface area contributed by atoms with Crippen molar-refractivity contribution < 1.29 is 4.42 Å². The van der Waals surface area contributed by atoms with Gasteiger partial charge in [0.2, 0.25) is 0 Å². The molecule has 0 bridgehead atoms. The minimum absolute atomic E-state index is 0.0505. The quantitative estimate of drug-likeness (QED) is 0.717. The number of benzene rings is 1. The van der Waals surface area contributed by atoms with Crippen LogP contribution in [-0.2, 0) is 6.42 Å². The summed E-state index contributed by atoms with van der Waals surface area (Å²) in [7, 11) is 0. The molecule has 6 heteroatoms. The zero-order valence-corrected chi connectivity index (χ0v) is 12.2. The van der Waals surface area contributed by atoms with E-state index in [0.717, 1.165) is 11.4 Å². The van der Waals surface area contributed by atoms with E-state index in [9.17, 15) is 0 Å². The van der Waals surface area contributed by atoms with Crippen LogP contribution in [0.2, 0.25) is 0 Å². The predicted octanol–water partition coefficient (Wildman–Crippen LogP) is 3.60. The molecule has 3 rings (SSSR count). The molecule has 2 heterocycles. The Hall–Kier alpha value is -2.08. The highest BCUT2D eigenvalue weighted by molar-refractivity contribution is 7.11. The molecule has 5 nitrogen and oxygen atoms in total. The summed E-state index contributed by atoms with van der Waals surface area (Å²) in [5, 5.41) is 4.25. The number of nitrogens with two attached hydrogens (primary N) is 1. The van der Waals surface area contributed by atoms with Crippen LogP contribution in [0, 0.1) is 0 Å². The second-order valence-electron chi connectivity index (χ2n) is 4.60. The Balaban J connectivity index is 1.83. The van der Waals surface area contributed by atoms with Crippen molar-refractivity contribution in [3.05, 3.63) is 34.3 Å². The van der Waals surface area contributed by atoms with Gasteiger partial charge in [-0.05, 0) is 25.5 Å². The maximum Gasteiger partial charge on any atom is 0.296 e. The van der Waals surface area contributed by atoms with E-state index in [1.165, 1.54) is 4.88 Å². The topological polar surface area (TPSA) is 77.0 Å². The third-order valence-corrected chi connectivity index (χ3v) is 4.40. The van der Waals surface area contributed by atoms with E-state index in [4.69, 9.17) is 10.2 Å². The molecule has 2 aromatic heterocycles. The number of nitrogens with zero attached hydrogens (tertiary/aromatic N) is 2. The number of oxazole rings is 1. The van der Waals surface area contributed by atoms with Crippen molar-refractivity contribution in [2.75, 3.05) is 11.1 Å². The fourth-order valence-electron chi connectivity index (χ4n) is 1.96. The third kappa shape index (κ3) is 2.34. The van der Waals surface area contributed by atoms with E-state index in [1.807, 2.05) is 31.3 Å². The maximum atomic E-state index is 5.87. The average Bonchev–Trinajstić information content (AvgIpc) is 3.05. The number of nitrogens with one attached hydrogen (secondary N) is 1. The van der Waals surface area contributed by atoms with Crippen molar-refractivity contribution in [2.24, 2.45) is 0 Å². The van der Waals surface area contributed by atoms with Gasteiger partial charge in [0.25, 0.3) is 6.01 Å². The molecule has 104 valence electrons. The van der Waals surface area contributed by atoms with Crippen LogP contribution in [0.4, 0.5) is 11.7 Å². The Morgan fingerprint density at radius 2 is 2.30 bits per heavy atom. The van der Waals surface area contributed by atoms with Gasteiger partial charge in [0.1, 0.15) is 10.5 Å². The number of thiazole rings is 1. The first-order valence-electron chi connectivity index (χ1n) is 6.53. The van der Waals surface area contributed by atoms with Gasteiger partial charge in [0.15, 0.2) is 5.58 Å². The first-order chi connectivity index (χ1) is 9.67.